The summed E-state index contributed by atoms with van der Waals surface area (Å²) >= 11 is 0. The molecule has 6 aromatic rings. The van der Waals surface area contributed by atoms with Gasteiger partial charge in [-0.1, -0.05) is 121 Å². The number of rotatable bonds is 9. The third-order valence-corrected chi connectivity index (χ3v) is 7.67. The third-order valence-electron chi connectivity index (χ3n) is 7.67. The van der Waals surface area contributed by atoms with Crippen LogP contribution in [0.5, 0.6) is 0 Å². The molecule has 0 saturated heterocycles. The molecular formula is C35H31N5O3. The summed E-state index contributed by atoms with van der Waals surface area (Å²) < 4.78 is 4.27. The molecule has 0 saturated carbocycles. The van der Waals surface area contributed by atoms with Gasteiger partial charge in [-0.25, -0.2) is 14.3 Å². The van der Waals surface area contributed by atoms with Gasteiger partial charge in [-0.05, 0) is 22.3 Å². The van der Waals surface area contributed by atoms with Crippen LogP contribution >= 0.6 is 0 Å². The Morgan fingerprint density at radius 1 is 0.698 bits per heavy atom. The molecule has 0 aliphatic rings. The van der Waals surface area contributed by atoms with Crippen molar-refractivity contribution in [1.82, 2.24) is 23.6 Å². The van der Waals surface area contributed by atoms with Crippen LogP contribution in [0.25, 0.3) is 11.2 Å². The van der Waals surface area contributed by atoms with Crippen LogP contribution in [0.15, 0.2) is 137 Å². The van der Waals surface area contributed by atoms with Crippen LogP contribution in [0.1, 0.15) is 28.3 Å². The van der Waals surface area contributed by atoms with Gasteiger partial charge in [0.15, 0.2) is 11.2 Å². The highest BCUT2D eigenvalue weighted by atomic mass is 16.2. The Bertz CT molecular complexity index is 1930. The molecule has 2 heterocycles. The molecule has 1 amide bonds. The monoisotopic (exact) mass is 569 g/mol. The molecule has 0 bridgehead atoms. The maximum absolute atomic E-state index is 14.0. The molecule has 2 aromatic heterocycles. The third kappa shape index (κ3) is 5.67. The van der Waals surface area contributed by atoms with Crippen LogP contribution in [0.4, 0.5) is 0 Å². The SMILES string of the molecule is CN(C(=O)Cn1c(=O)c2c(ncn2Cc2ccccc2)n(Cc2ccccc2)c1=O)C(c1ccccc1)c1ccccc1. The molecule has 0 spiro atoms. The molecule has 0 radical (unpaired) electrons. The van der Waals surface area contributed by atoms with Gasteiger partial charge in [0.1, 0.15) is 6.54 Å². The van der Waals surface area contributed by atoms with Crippen LogP contribution in [-0.4, -0.2) is 36.5 Å². The lowest BCUT2D eigenvalue weighted by molar-refractivity contribution is -0.132. The molecule has 6 rings (SSSR count). The molecule has 0 atom stereocenters. The van der Waals surface area contributed by atoms with Gasteiger partial charge < -0.3 is 9.47 Å². The fourth-order valence-corrected chi connectivity index (χ4v) is 5.49. The number of imidazole rings is 1. The van der Waals surface area contributed by atoms with E-state index in [9.17, 15) is 14.4 Å². The molecule has 214 valence electrons. The van der Waals surface area contributed by atoms with Crippen molar-refractivity contribution >= 4 is 17.1 Å². The standard InChI is InChI=1S/C35H31N5O3/c1-37(31(28-18-10-4-11-19-28)29-20-12-5-13-21-29)30(41)24-40-34(42)32-33(36-25-38(32)22-26-14-6-2-7-15-26)39(35(40)43)23-27-16-8-3-9-17-27/h2-21,25,31H,22-24H2,1H3. The molecule has 8 nitrogen and oxygen atoms in total. The van der Waals surface area contributed by atoms with Gasteiger partial charge in [0.05, 0.1) is 18.9 Å². The summed E-state index contributed by atoms with van der Waals surface area (Å²) in [5, 5.41) is 0. The Hall–Kier alpha value is -5.50. The quantitative estimate of drug-likeness (QED) is 0.253. The second kappa shape index (κ2) is 12.2. The van der Waals surface area contributed by atoms with E-state index in [1.54, 1.807) is 22.8 Å². The van der Waals surface area contributed by atoms with E-state index in [-0.39, 0.29) is 18.0 Å². The van der Waals surface area contributed by atoms with Crippen molar-refractivity contribution in [3.8, 4) is 0 Å². The highest BCUT2D eigenvalue weighted by molar-refractivity contribution is 5.77. The maximum atomic E-state index is 14.0. The Labute approximate surface area is 248 Å². The topological polar surface area (TPSA) is 82.1 Å². The zero-order valence-corrected chi connectivity index (χ0v) is 23.8. The smallest absolute Gasteiger partial charge is 0.333 e. The molecule has 4 aromatic carbocycles. The lowest BCUT2D eigenvalue weighted by Gasteiger charge is -2.29. The fraction of sp³-hybridized carbons (Fsp3) is 0.143. The summed E-state index contributed by atoms with van der Waals surface area (Å²) in [5.41, 5.74) is 3.16. The number of aromatic nitrogens is 4. The van der Waals surface area contributed by atoms with E-state index in [1.807, 2.05) is 121 Å². The van der Waals surface area contributed by atoms with Gasteiger partial charge in [-0.2, -0.15) is 0 Å². The van der Waals surface area contributed by atoms with Gasteiger partial charge in [0, 0.05) is 13.6 Å². The number of hydrogen-bond donors (Lipinski definition) is 0. The number of hydrogen-bond acceptors (Lipinski definition) is 4. The Balaban J connectivity index is 1.44. The molecule has 0 N–H and O–H groups in total. The second-order valence-electron chi connectivity index (χ2n) is 10.5. The number of fused-ring (bicyclic) bond motifs is 1. The van der Waals surface area contributed by atoms with Crippen molar-refractivity contribution in [3.63, 3.8) is 0 Å². The van der Waals surface area contributed by atoms with Gasteiger partial charge in [-0.3, -0.25) is 14.2 Å². The first-order valence-electron chi connectivity index (χ1n) is 14.1. The minimum Gasteiger partial charge on any atom is -0.333 e. The van der Waals surface area contributed by atoms with E-state index < -0.39 is 23.8 Å². The average molecular weight is 570 g/mol. The van der Waals surface area contributed by atoms with E-state index in [0.29, 0.717) is 12.2 Å². The highest BCUT2D eigenvalue weighted by Gasteiger charge is 2.26. The number of amides is 1. The zero-order chi connectivity index (χ0) is 29.8. The summed E-state index contributed by atoms with van der Waals surface area (Å²) in [7, 11) is 1.71. The van der Waals surface area contributed by atoms with Gasteiger partial charge in [-0.15, -0.1) is 0 Å². The van der Waals surface area contributed by atoms with Crippen molar-refractivity contribution < 1.29 is 4.79 Å². The first-order chi connectivity index (χ1) is 21.0. The van der Waals surface area contributed by atoms with Crippen LogP contribution in [0.3, 0.4) is 0 Å². The first kappa shape index (κ1) is 27.7. The molecule has 0 aliphatic carbocycles. The van der Waals surface area contributed by atoms with Gasteiger partial charge in [0.25, 0.3) is 5.56 Å². The van der Waals surface area contributed by atoms with E-state index >= 15 is 0 Å². The van der Waals surface area contributed by atoms with Crippen molar-refractivity contribution in [3.05, 3.63) is 171 Å². The lowest BCUT2D eigenvalue weighted by atomic mass is 9.97. The van der Waals surface area contributed by atoms with Crippen molar-refractivity contribution in [2.75, 3.05) is 7.05 Å². The fourth-order valence-electron chi connectivity index (χ4n) is 5.49. The molecule has 8 heteroatoms. The van der Waals surface area contributed by atoms with Crippen molar-refractivity contribution in [2.24, 2.45) is 0 Å². The van der Waals surface area contributed by atoms with Gasteiger partial charge in [0.2, 0.25) is 5.91 Å². The minimum absolute atomic E-state index is 0.208. The summed E-state index contributed by atoms with van der Waals surface area (Å²) in [6.45, 7) is 0.194. The van der Waals surface area contributed by atoms with Gasteiger partial charge >= 0.3 is 5.69 Å². The van der Waals surface area contributed by atoms with Crippen LogP contribution in [0.2, 0.25) is 0 Å². The van der Waals surface area contributed by atoms with Crippen molar-refractivity contribution in [2.45, 2.75) is 25.7 Å². The number of benzene rings is 4. The second-order valence-corrected chi connectivity index (χ2v) is 10.5. The Kier molecular flexibility index (Phi) is 7.82. The molecule has 43 heavy (non-hydrogen) atoms. The summed E-state index contributed by atoms with van der Waals surface area (Å²) in [6, 6.07) is 38.3. The number of carbonyl (C=O) groups is 1. The molecular weight excluding hydrogens is 538 g/mol. The predicted octanol–water partition coefficient (Wildman–Crippen LogP) is 4.70. The number of carbonyl (C=O) groups excluding carboxylic acids is 1. The van der Waals surface area contributed by atoms with Crippen LogP contribution in [0, 0.1) is 0 Å². The van der Waals surface area contributed by atoms with Crippen LogP contribution < -0.4 is 11.2 Å². The summed E-state index contributed by atoms with van der Waals surface area (Å²) in [6.07, 6.45) is 1.58. The normalized spacial score (nSPS) is 11.2. The largest absolute Gasteiger partial charge is 0.333 e. The molecule has 0 aliphatic heterocycles. The van der Waals surface area contributed by atoms with E-state index in [0.717, 1.165) is 26.8 Å². The van der Waals surface area contributed by atoms with Crippen LogP contribution in [-0.2, 0) is 24.4 Å². The van der Waals surface area contributed by atoms with E-state index in [2.05, 4.69) is 4.98 Å². The number of nitrogens with zero attached hydrogens (tertiary/aromatic N) is 5. The zero-order valence-electron chi connectivity index (χ0n) is 23.8. The minimum atomic E-state index is -0.580. The first-order valence-corrected chi connectivity index (χ1v) is 14.1. The van der Waals surface area contributed by atoms with E-state index in [1.165, 1.54) is 4.57 Å². The van der Waals surface area contributed by atoms with E-state index in [4.69, 9.17) is 0 Å². The van der Waals surface area contributed by atoms with Crippen molar-refractivity contribution in [1.29, 1.82) is 0 Å². The highest BCUT2D eigenvalue weighted by Crippen LogP contribution is 2.27. The predicted molar refractivity (Wildman–Crippen MR) is 167 cm³/mol. The molecule has 0 unspecified atom stereocenters. The Morgan fingerprint density at radius 2 is 1.19 bits per heavy atom. The summed E-state index contributed by atoms with van der Waals surface area (Å²) in [4.78, 5) is 48.0. The summed E-state index contributed by atoms with van der Waals surface area (Å²) in [5.74, 6) is -0.364. The average Bonchev–Trinajstić information content (AvgIpc) is 3.46. The number of likely N-dealkylation sites (N-methyl/N-ethyl adjacent to an activating group) is 1. The maximum Gasteiger partial charge on any atom is 0.333 e. The Morgan fingerprint density at radius 3 is 1.72 bits per heavy atom. The molecule has 0 fully saturated rings. The lowest BCUT2D eigenvalue weighted by Crippen LogP contribution is -2.45.